The number of amides is 1. The van der Waals surface area contributed by atoms with Gasteiger partial charge < -0.3 is 9.84 Å². The highest BCUT2D eigenvalue weighted by Crippen LogP contribution is 2.19. The summed E-state index contributed by atoms with van der Waals surface area (Å²) < 4.78 is 6.25. The third-order valence-corrected chi connectivity index (χ3v) is 3.25. The molecule has 2 heterocycles. The van der Waals surface area contributed by atoms with Crippen LogP contribution in [0, 0.1) is 6.92 Å². The normalized spacial score (nSPS) is 10.5. The molecule has 1 amide bonds. The molecule has 0 unspecified atom stereocenters. The third-order valence-electron chi connectivity index (χ3n) is 3.25. The highest BCUT2D eigenvalue weighted by molar-refractivity contribution is 5.98. The number of nitrogens with one attached hydrogen (secondary N) is 1. The van der Waals surface area contributed by atoms with Crippen LogP contribution in [0.15, 0.2) is 36.7 Å². The molecule has 2 aromatic heterocycles. The van der Waals surface area contributed by atoms with Gasteiger partial charge in [0.1, 0.15) is 18.5 Å². The molecule has 24 heavy (non-hydrogen) atoms. The molecule has 0 atom stereocenters. The lowest BCUT2D eigenvalue weighted by atomic mass is 10.2. The first-order valence-corrected chi connectivity index (χ1v) is 6.97. The Morgan fingerprint density at radius 1 is 1.29 bits per heavy atom. The van der Waals surface area contributed by atoms with Crippen molar-refractivity contribution in [3.63, 3.8) is 0 Å². The van der Waals surface area contributed by atoms with E-state index in [1.807, 2.05) is 30.3 Å². The van der Waals surface area contributed by atoms with Crippen LogP contribution in [0.5, 0.6) is 0 Å². The zero-order valence-corrected chi connectivity index (χ0v) is 12.6. The maximum atomic E-state index is 12.0. The summed E-state index contributed by atoms with van der Waals surface area (Å²) in [6.45, 7) is 1.57. The summed E-state index contributed by atoms with van der Waals surface area (Å²) in [6.07, 6.45) is 0.414. The Morgan fingerprint density at radius 2 is 2.04 bits per heavy atom. The molecular weight excluding hydrogens is 314 g/mol. The van der Waals surface area contributed by atoms with E-state index in [4.69, 9.17) is 4.74 Å². The summed E-state index contributed by atoms with van der Waals surface area (Å²) in [4.78, 5) is 31.4. The Labute approximate surface area is 135 Å². The first-order chi connectivity index (χ1) is 11.6. The average molecular weight is 327 g/mol. The van der Waals surface area contributed by atoms with Crippen molar-refractivity contribution in [1.29, 1.82) is 0 Å². The number of aromatic carboxylic acids is 1. The zero-order valence-electron chi connectivity index (χ0n) is 12.6. The van der Waals surface area contributed by atoms with Crippen LogP contribution in [-0.2, 0) is 11.3 Å². The van der Waals surface area contributed by atoms with Gasteiger partial charge in [-0.2, -0.15) is 14.6 Å². The van der Waals surface area contributed by atoms with Gasteiger partial charge in [0.05, 0.1) is 5.69 Å². The van der Waals surface area contributed by atoms with Crippen molar-refractivity contribution in [2.75, 3.05) is 5.32 Å². The number of ether oxygens (including phenoxy) is 1. The number of carbonyl (C=O) groups is 2. The summed E-state index contributed by atoms with van der Waals surface area (Å²) >= 11 is 0. The fourth-order valence-electron chi connectivity index (χ4n) is 2.18. The van der Waals surface area contributed by atoms with Crippen LogP contribution in [0.4, 0.5) is 10.6 Å². The van der Waals surface area contributed by atoms with Gasteiger partial charge in [0.15, 0.2) is 5.82 Å². The summed E-state index contributed by atoms with van der Waals surface area (Å²) in [5, 5.41) is 15.7. The number of benzene rings is 1. The molecule has 0 aliphatic heterocycles. The molecule has 0 bridgehead atoms. The van der Waals surface area contributed by atoms with Gasteiger partial charge in [-0.1, -0.05) is 30.3 Å². The number of anilines is 1. The summed E-state index contributed by atoms with van der Waals surface area (Å²) in [6, 6.07) is 9.11. The van der Waals surface area contributed by atoms with Gasteiger partial charge in [-0.25, -0.2) is 14.6 Å². The van der Waals surface area contributed by atoms with Crippen molar-refractivity contribution >= 4 is 23.7 Å². The standard InChI is InChI=1S/C15H13N5O4/c1-9-11(13(21)22)12(20-14(18-9)16-8-17-20)19-15(23)24-7-10-5-3-2-4-6-10/h2-6,8H,7H2,1H3,(H,19,23)(H,21,22). The van der Waals surface area contributed by atoms with Crippen molar-refractivity contribution in [3.8, 4) is 0 Å². The molecule has 0 radical (unpaired) electrons. The predicted molar refractivity (Wildman–Crippen MR) is 82.7 cm³/mol. The van der Waals surface area contributed by atoms with Gasteiger partial charge in [0.2, 0.25) is 0 Å². The van der Waals surface area contributed by atoms with Crippen LogP contribution in [0.25, 0.3) is 5.78 Å². The molecule has 3 aromatic rings. The van der Waals surface area contributed by atoms with Crippen LogP contribution >= 0.6 is 0 Å². The summed E-state index contributed by atoms with van der Waals surface area (Å²) in [7, 11) is 0. The lowest BCUT2D eigenvalue weighted by Gasteiger charge is -2.12. The number of nitrogens with zero attached hydrogens (tertiary/aromatic N) is 4. The fourth-order valence-corrected chi connectivity index (χ4v) is 2.18. The lowest BCUT2D eigenvalue weighted by Crippen LogP contribution is -2.20. The van der Waals surface area contributed by atoms with E-state index >= 15 is 0 Å². The van der Waals surface area contributed by atoms with Gasteiger partial charge in [0.25, 0.3) is 5.78 Å². The molecule has 122 valence electrons. The third kappa shape index (κ3) is 3.00. The van der Waals surface area contributed by atoms with E-state index in [-0.39, 0.29) is 29.5 Å². The SMILES string of the molecule is Cc1nc2ncnn2c(NC(=O)OCc2ccccc2)c1C(=O)O. The Hall–Kier alpha value is -3.49. The number of carbonyl (C=O) groups excluding carboxylic acids is 1. The molecule has 0 fully saturated rings. The first-order valence-electron chi connectivity index (χ1n) is 6.97. The number of rotatable bonds is 4. The van der Waals surface area contributed by atoms with Gasteiger partial charge in [-0.3, -0.25) is 5.32 Å². The lowest BCUT2D eigenvalue weighted by molar-refractivity contribution is 0.0696. The molecule has 0 saturated carbocycles. The van der Waals surface area contributed by atoms with Gasteiger partial charge in [-0.05, 0) is 12.5 Å². The quantitative estimate of drug-likeness (QED) is 0.751. The minimum absolute atomic E-state index is 0.0550. The smallest absolute Gasteiger partial charge is 0.413 e. The second kappa shape index (κ2) is 6.32. The molecule has 9 heteroatoms. The summed E-state index contributed by atoms with van der Waals surface area (Å²) in [5.41, 5.74) is 0.842. The van der Waals surface area contributed by atoms with Gasteiger partial charge >= 0.3 is 12.1 Å². The van der Waals surface area contributed by atoms with Gasteiger partial charge in [0, 0.05) is 0 Å². The average Bonchev–Trinajstić information content (AvgIpc) is 3.01. The number of carboxylic acids is 1. The molecule has 0 aliphatic carbocycles. The molecule has 0 aliphatic rings. The van der Waals surface area contributed by atoms with Crippen molar-refractivity contribution < 1.29 is 19.4 Å². The number of carboxylic acid groups (broad SMARTS) is 1. The molecule has 1 aromatic carbocycles. The second-order valence-corrected chi connectivity index (χ2v) is 4.88. The van der Waals surface area contributed by atoms with Crippen molar-refractivity contribution in [2.45, 2.75) is 13.5 Å². The number of hydrogen-bond acceptors (Lipinski definition) is 6. The maximum Gasteiger partial charge on any atom is 0.413 e. The van der Waals surface area contributed by atoms with Crippen LogP contribution in [0.1, 0.15) is 21.6 Å². The van der Waals surface area contributed by atoms with Gasteiger partial charge in [-0.15, -0.1) is 0 Å². The predicted octanol–water partition coefficient (Wildman–Crippen LogP) is 1.88. The van der Waals surface area contributed by atoms with E-state index < -0.39 is 12.1 Å². The number of fused-ring (bicyclic) bond motifs is 1. The summed E-state index contributed by atoms with van der Waals surface area (Å²) in [5.74, 6) is -1.12. The zero-order chi connectivity index (χ0) is 17.1. The molecule has 0 saturated heterocycles. The minimum atomic E-state index is -1.24. The van der Waals surface area contributed by atoms with Crippen LogP contribution < -0.4 is 5.32 Å². The Morgan fingerprint density at radius 3 is 2.75 bits per heavy atom. The van der Waals surface area contributed by atoms with Crippen molar-refractivity contribution in [2.24, 2.45) is 0 Å². The molecule has 0 spiro atoms. The van der Waals surface area contributed by atoms with E-state index in [2.05, 4.69) is 20.4 Å². The second-order valence-electron chi connectivity index (χ2n) is 4.88. The van der Waals surface area contributed by atoms with E-state index in [0.717, 1.165) is 10.1 Å². The van der Waals surface area contributed by atoms with Crippen molar-refractivity contribution in [1.82, 2.24) is 19.6 Å². The first kappa shape index (κ1) is 15.4. The van der Waals surface area contributed by atoms with Crippen molar-refractivity contribution in [3.05, 3.63) is 53.5 Å². The van der Waals surface area contributed by atoms with Crippen LogP contribution in [0.2, 0.25) is 0 Å². The Bertz CT molecular complexity index is 907. The topological polar surface area (TPSA) is 119 Å². The largest absolute Gasteiger partial charge is 0.477 e. The van der Waals surface area contributed by atoms with Crippen LogP contribution in [0.3, 0.4) is 0 Å². The van der Waals surface area contributed by atoms with E-state index in [1.54, 1.807) is 0 Å². The molecule has 9 nitrogen and oxygen atoms in total. The minimum Gasteiger partial charge on any atom is -0.477 e. The van der Waals surface area contributed by atoms with Crippen LogP contribution in [-0.4, -0.2) is 36.8 Å². The Kier molecular flexibility index (Phi) is 4.06. The highest BCUT2D eigenvalue weighted by Gasteiger charge is 2.22. The number of aromatic nitrogens is 4. The molecule has 2 N–H and O–H groups in total. The van der Waals surface area contributed by atoms with E-state index in [0.29, 0.717) is 0 Å². The number of aryl methyl sites for hydroxylation is 1. The van der Waals surface area contributed by atoms with E-state index in [9.17, 15) is 14.7 Å². The molecular formula is C15H13N5O4. The molecule has 3 rings (SSSR count). The highest BCUT2D eigenvalue weighted by atomic mass is 16.5. The fraction of sp³-hybridized carbons (Fsp3) is 0.133. The van der Waals surface area contributed by atoms with E-state index in [1.165, 1.54) is 13.3 Å². The maximum absolute atomic E-state index is 12.0. The Balaban J connectivity index is 1.86. The monoisotopic (exact) mass is 327 g/mol. The number of hydrogen-bond donors (Lipinski definition) is 2.